The Kier molecular flexibility index (Phi) is 4.57. The van der Waals surface area contributed by atoms with E-state index in [0.29, 0.717) is 11.8 Å². The number of nitrogens with zero attached hydrogens (tertiary/aromatic N) is 4. The first-order valence-electron chi connectivity index (χ1n) is 9.49. The van der Waals surface area contributed by atoms with Crippen molar-refractivity contribution >= 4 is 27.8 Å². The molecule has 1 aromatic carbocycles. The maximum absolute atomic E-state index is 5.49. The molecule has 0 spiro atoms. The van der Waals surface area contributed by atoms with Crippen molar-refractivity contribution in [3.8, 4) is 17.0 Å². The predicted octanol–water partition coefficient (Wildman–Crippen LogP) is 4.93. The fraction of sp³-hybridized carbons (Fsp3) is 0.450. The minimum Gasteiger partial charge on any atom is -0.496 e. The first kappa shape index (κ1) is 17.1. The van der Waals surface area contributed by atoms with Crippen molar-refractivity contribution < 1.29 is 4.74 Å². The first-order chi connectivity index (χ1) is 13.3. The number of hydrogen-bond donors (Lipinski definition) is 0. The number of hydrogen-bond acceptors (Lipinski definition) is 7. The fourth-order valence-corrected chi connectivity index (χ4v) is 5.68. The number of piperidine rings is 1. The van der Waals surface area contributed by atoms with Crippen molar-refractivity contribution in [2.75, 3.05) is 25.1 Å². The molecule has 5 nitrogen and oxygen atoms in total. The Morgan fingerprint density at radius 3 is 2.56 bits per heavy atom. The lowest BCUT2D eigenvalue weighted by Gasteiger charge is -2.30. The van der Waals surface area contributed by atoms with Crippen LogP contribution in [0.2, 0.25) is 0 Å². The standard InChI is InChI=1S/C20H22N4OS2/c1-25-17-5-3-2-4-15(17)16-12-26-18(21-16)14-8-10-24(11-9-14)20-23-22-19(27-20)13-6-7-13/h2-5,12-14H,6-11H2,1H3. The summed E-state index contributed by atoms with van der Waals surface area (Å²) in [5.74, 6) is 2.11. The van der Waals surface area contributed by atoms with Gasteiger partial charge in [0.2, 0.25) is 5.13 Å². The number of para-hydroxylation sites is 1. The fourth-order valence-electron chi connectivity index (χ4n) is 3.62. The van der Waals surface area contributed by atoms with Crippen molar-refractivity contribution in [3.63, 3.8) is 0 Å². The molecule has 1 aliphatic carbocycles. The summed E-state index contributed by atoms with van der Waals surface area (Å²) in [6.45, 7) is 2.07. The average Bonchev–Trinajstić information content (AvgIpc) is 3.26. The van der Waals surface area contributed by atoms with Gasteiger partial charge in [0.1, 0.15) is 10.8 Å². The van der Waals surface area contributed by atoms with Crippen molar-refractivity contribution in [2.24, 2.45) is 0 Å². The van der Waals surface area contributed by atoms with E-state index in [0.717, 1.165) is 48.1 Å². The summed E-state index contributed by atoms with van der Waals surface area (Å²) in [4.78, 5) is 7.34. The molecular weight excluding hydrogens is 376 g/mol. The molecule has 27 heavy (non-hydrogen) atoms. The summed E-state index contributed by atoms with van der Waals surface area (Å²) in [5.41, 5.74) is 2.09. The predicted molar refractivity (Wildman–Crippen MR) is 110 cm³/mol. The third kappa shape index (κ3) is 3.46. The number of methoxy groups -OCH3 is 1. The van der Waals surface area contributed by atoms with Gasteiger partial charge in [-0.3, -0.25) is 0 Å². The first-order valence-corrected chi connectivity index (χ1v) is 11.2. The van der Waals surface area contributed by atoms with Crippen LogP contribution in [0.3, 0.4) is 0 Å². The van der Waals surface area contributed by atoms with Crippen LogP contribution in [0.4, 0.5) is 5.13 Å². The van der Waals surface area contributed by atoms with Gasteiger partial charge in [-0.1, -0.05) is 23.5 Å². The molecule has 0 atom stereocenters. The Morgan fingerprint density at radius 1 is 1.00 bits per heavy atom. The number of ether oxygens (including phenoxy) is 1. The highest BCUT2D eigenvalue weighted by atomic mass is 32.1. The maximum atomic E-state index is 5.49. The third-order valence-electron chi connectivity index (χ3n) is 5.38. The van der Waals surface area contributed by atoms with Gasteiger partial charge in [0.05, 0.1) is 17.8 Å². The molecule has 2 fully saturated rings. The molecule has 3 aromatic rings. The van der Waals surface area contributed by atoms with Crippen LogP contribution < -0.4 is 9.64 Å². The van der Waals surface area contributed by atoms with Crippen LogP contribution in [0.5, 0.6) is 5.75 Å². The smallest absolute Gasteiger partial charge is 0.208 e. The molecule has 0 unspecified atom stereocenters. The second-order valence-corrected chi connectivity index (χ2v) is 9.11. The van der Waals surface area contributed by atoms with Crippen LogP contribution in [-0.2, 0) is 0 Å². The molecule has 1 aliphatic heterocycles. The Hall–Kier alpha value is -1.99. The van der Waals surface area contributed by atoms with Crippen LogP contribution in [0.25, 0.3) is 11.3 Å². The molecule has 2 aromatic heterocycles. The van der Waals surface area contributed by atoms with Crippen LogP contribution in [0, 0.1) is 0 Å². The summed E-state index contributed by atoms with van der Waals surface area (Å²) in [5, 5.41) is 14.6. The van der Waals surface area contributed by atoms with Gasteiger partial charge < -0.3 is 9.64 Å². The van der Waals surface area contributed by atoms with Crippen LogP contribution in [0.1, 0.15) is 47.5 Å². The lowest BCUT2D eigenvalue weighted by molar-refractivity contribution is 0.416. The zero-order valence-electron chi connectivity index (χ0n) is 15.3. The van der Waals surface area contributed by atoms with Crippen LogP contribution in [-0.4, -0.2) is 35.4 Å². The lowest BCUT2D eigenvalue weighted by Crippen LogP contribution is -2.32. The molecule has 5 rings (SSSR count). The molecular formula is C20H22N4OS2. The van der Waals surface area contributed by atoms with E-state index in [1.807, 2.05) is 18.2 Å². The van der Waals surface area contributed by atoms with Gasteiger partial charge in [0, 0.05) is 35.9 Å². The normalized spacial score (nSPS) is 18.0. The van der Waals surface area contributed by atoms with E-state index in [1.54, 1.807) is 29.8 Å². The zero-order chi connectivity index (χ0) is 18.2. The lowest BCUT2D eigenvalue weighted by atomic mass is 9.98. The summed E-state index contributed by atoms with van der Waals surface area (Å²) >= 11 is 3.56. The Balaban J connectivity index is 1.26. The quantitative estimate of drug-likeness (QED) is 0.610. The zero-order valence-corrected chi connectivity index (χ0v) is 16.9. The van der Waals surface area contributed by atoms with E-state index in [-0.39, 0.29) is 0 Å². The topological polar surface area (TPSA) is 51.1 Å². The van der Waals surface area contributed by atoms with Crippen molar-refractivity contribution in [1.82, 2.24) is 15.2 Å². The van der Waals surface area contributed by atoms with Gasteiger partial charge in [0.15, 0.2) is 0 Å². The van der Waals surface area contributed by atoms with Gasteiger partial charge in [-0.15, -0.1) is 21.5 Å². The number of anilines is 1. The largest absolute Gasteiger partial charge is 0.496 e. The van der Waals surface area contributed by atoms with E-state index in [1.165, 1.54) is 22.9 Å². The van der Waals surface area contributed by atoms with Crippen molar-refractivity contribution in [3.05, 3.63) is 39.7 Å². The van der Waals surface area contributed by atoms with Gasteiger partial charge in [-0.2, -0.15) is 0 Å². The summed E-state index contributed by atoms with van der Waals surface area (Å²) < 4.78 is 5.49. The highest BCUT2D eigenvalue weighted by molar-refractivity contribution is 7.15. The average molecular weight is 399 g/mol. The molecule has 7 heteroatoms. The highest BCUT2D eigenvalue weighted by Crippen LogP contribution is 2.43. The minimum absolute atomic E-state index is 0.533. The van der Waals surface area contributed by atoms with E-state index >= 15 is 0 Å². The molecule has 2 aliphatic rings. The van der Waals surface area contributed by atoms with E-state index in [4.69, 9.17) is 9.72 Å². The second-order valence-electron chi connectivity index (χ2n) is 7.23. The minimum atomic E-state index is 0.533. The highest BCUT2D eigenvalue weighted by Gasteiger charge is 2.30. The molecule has 0 radical (unpaired) electrons. The van der Waals surface area contributed by atoms with E-state index < -0.39 is 0 Å². The third-order valence-corrected chi connectivity index (χ3v) is 7.53. The summed E-state index contributed by atoms with van der Waals surface area (Å²) in [7, 11) is 1.71. The van der Waals surface area contributed by atoms with Crippen LogP contribution >= 0.6 is 22.7 Å². The SMILES string of the molecule is COc1ccccc1-c1csc(C2CCN(c3nnc(C4CC4)s3)CC2)n1. The van der Waals surface area contributed by atoms with Gasteiger partial charge in [-0.25, -0.2) is 4.98 Å². The molecule has 0 bridgehead atoms. The second kappa shape index (κ2) is 7.20. The number of aromatic nitrogens is 3. The monoisotopic (exact) mass is 398 g/mol. The molecule has 0 N–H and O–H groups in total. The number of benzene rings is 1. The van der Waals surface area contributed by atoms with Gasteiger partial charge >= 0.3 is 0 Å². The molecule has 140 valence electrons. The number of rotatable bonds is 5. The van der Waals surface area contributed by atoms with Crippen molar-refractivity contribution in [2.45, 2.75) is 37.5 Å². The molecule has 1 saturated heterocycles. The van der Waals surface area contributed by atoms with Crippen LogP contribution in [0.15, 0.2) is 29.6 Å². The maximum Gasteiger partial charge on any atom is 0.208 e. The molecule has 1 saturated carbocycles. The Morgan fingerprint density at radius 2 is 1.78 bits per heavy atom. The molecule has 3 heterocycles. The van der Waals surface area contributed by atoms with E-state index in [9.17, 15) is 0 Å². The number of thiazole rings is 1. The Labute approximate surface area is 167 Å². The van der Waals surface area contributed by atoms with Gasteiger partial charge in [-0.05, 0) is 37.8 Å². The summed E-state index contributed by atoms with van der Waals surface area (Å²) in [6.07, 6.45) is 4.82. The Bertz CT molecular complexity index is 925. The van der Waals surface area contributed by atoms with Gasteiger partial charge in [0.25, 0.3) is 0 Å². The molecule has 0 amide bonds. The van der Waals surface area contributed by atoms with E-state index in [2.05, 4.69) is 26.5 Å². The summed E-state index contributed by atoms with van der Waals surface area (Å²) in [6, 6.07) is 8.10. The van der Waals surface area contributed by atoms with Crippen molar-refractivity contribution in [1.29, 1.82) is 0 Å².